The predicted octanol–water partition coefficient (Wildman–Crippen LogP) is 6.53. The number of phosphoric ester groups is 1. The number of carbonyl (C=O) groups excluding carboxylic acids is 1. The van der Waals surface area contributed by atoms with Crippen LogP contribution in [-0.2, 0) is 23.8 Å². The lowest BCUT2D eigenvalue weighted by Crippen LogP contribution is -2.35. The maximum atomic E-state index is 12.5. The summed E-state index contributed by atoms with van der Waals surface area (Å²) in [6.45, 7) is 2.96. The van der Waals surface area contributed by atoms with Gasteiger partial charge in [0.05, 0.1) is 12.7 Å². The molecular formula is C28H40NO5P. The topological polar surface area (TPSA) is 84.9 Å². The summed E-state index contributed by atoms with van der Waals surface area (Å²) in [4.78, 5) is 22.0. The molecule has 6 nitrogen and oxygen atoms in total. The zero-order valence-corrected chi connectivity index (χ0v) is 21.8. The normalized spacial score (nSPS) is 17.5. The molecule has 0 aliphatic heterocycles. The minimum atomic E-state index is -4.11. The van der Waals surface area contributed by atoms with Crippen molar-refractivity contribution in [3.63, 3.8) is 0 Å². The van der Waals surface area contributed by atoms with E-state index in [-0.39, 0.29) is 24.0 Å². The molecule has 0 heterocycles. The van der Waals surface area contributed by atoms with Crippen LogP contribution in [0.5, 0.6) is 0 Å². The maximum absolute atomic E-state index is 12.5. The van der Waals surface area contributed by atoms with Gasteiger partial charge < -0.3 is 10.2 Å². The second kappa shape index (κ2) is 13.9. The van der Waals surface area contributed by atoms with E-state index < -0.39 is 7.82 Å². The fraction of sp³-hybridized carbons (Fsp3) is 0.536. The van der Waals surface area contributed by atoms with Crippen LogP contribution in [0.25, 0.3) is 0 Å². The first-order valence-electron chi connectivity index (χ1n) is 13.0. The van der Waals surface area contributed by atoms with Crippen molar-refractivity contribution >= 4 is 13.7 Å². The van der Waals surface area contributed by atoms with Crippen molar-refractivity contribution in [2.45, 2.75) is 82.7 Å². The van der Waals surface area contributed by atoms with Gasteiger partial charge in [0.2, 0.25) is 5.91 Å². The Morgan fingerprint density at radius 2 is 1.57 bits per heavy atom. The third kappa shape index (κ3) is 8.57. The van der Waals surface area contributed by atoms with Crippen LogP contribution in [0, 0.1) is 0 Å². The van der Waals surface area contributed by atoms with E-state index in [1.165, 1.54) is 11.1 Å². The molecule has 1 fully saturated rings. The van der Waals surface area contributed by atoms with E-state index in [0.29, 0.717) is 25.7 Å². The van der Waals surface area contributed by atoms with E-state index in [2.05, 4.69) is 60.8 Å². The molecule has 1 atom stereocenters. The van der Waals surface area contributed by atoms with Crippen molar-refractivity contribution in [2.75, 3.05) is 13.2 Å². The Hall–Kier alpha value is -1.98. The van der Waals surface area contributed by atoms with Gasteiger partial charge in [-0.25, -0.2) is 4.57 Å². The monoisotopic (exact) mass is 501 g/mol. The van der Waals surface area contributed by atoms with E-state index in [0.717, 1.165) is 45.1 Å². The molecule has 1 saturated carbocycles. The van der Waals surface area contributed by atoms with Crippen LogP contribution in [0.2, 0.25) is 0 Å². The van der Waals surface area contributed by atoms with Crippen molar-refractivity contribution < 1.29 is 23.3 Å². The first kappa shape index (κ1) is 27.6. The molecule has 192 valence electrons. The van der Waals surface area contributed by atoms with Gasteiger partial charge in [-0.15, -0.1) is 0 Å². The molecule has 0 bridgehead atoms. The fourth-order valence-corrected chi connectivity index (χ4v) is 5.91. The Morgan fingerprint density at radius 1 is 0.971 bits per heavy atom. The number of benzene rings is 2. The Labute approximate surface area is 210 Å². The van der Waals surface area contributed by atoms with E-state index in [1.54, 1.807) is 0 Å². The lowest BCUT2D eigenvalue weighted by atomic mass is 9.65. The van der Waals surface area contributed by atoms with Gasteiger partial charge in [0, 0.05) is 18.4 Å². The van der Waals surface area contributed by atoms with Gasteiger partial charge in [-0.2, -0.15) is 0 Å². The van der Waals surface area contributed by atoms with Crippen LogP contribution in [-0.4, -0.2) is 30.1 Å². The highest BCUT2D eigenvalue weighted by Gasteiger charge is 2.40. The number of rotatable bonds is 14. The van der Waals surface area contributed by atoms with Crippen LogP contribution in [0.4, 0.5) is 0 Å². The Morgan fingerprint density at radius 3 is 2.14 bits per heavy atom. The molecule has 0 spiro atoms. The highest BCUT2D eigenvalue weighted by Crippen LogP contribution is 2.51. The van der Waals surface area contributed by atoms with Crippen molar-refractivity contribution in [1.29, 1.82) is 0 Å². The van der Waals surface area contributed by atoms with Crippen LogP contribution in [0.1, 0.15) is 82.3 Å². The van der Waals surface area contributed by atoms with E-state index >= 15 is 0 Å². The smallest absolute Gasteiger partial charge is 0.356 e. The van der Waals surface area contributed by atoms with Gasteiger partial charge in [0.15, 0.2) is 0 Å². The molecule has 7 heteroatoms. The van der Waals surface area contributed by atoms with Gasteiger partial charge in [-0.3, -0.25) is 13.8 Å². The number of phosphoric acid groups is 1. The fourth-order valence-electron chi connectivity index (χ4n) is 4.90. The van der Waals surface area contributed by atoms with Crippen LogP contribution < -0.4 is 5.32 Å². The minimum absolute atomic E-state index is 0.0647. The molecule has 35 heavy (non-hydrogen) atoms. The molecule has 0 saturated heterocycles. The predicted molar refractivity (Wildman–Crippen MR) is 139 cm³/mol. The summed E-state index contributed by atoms with van der Waals surface area (Å²) in [7, 11) is -4.11. The van der Waals surface area contributed by atoms with E-state index in [9.17, 15) is 14.3 Å². The zero-order valence-electron chi connectivity index (χ0n) is 20.9. The molecule has 1 amide bonds. The summed E-state index contributed by atoms with van der Waals surface area (Å²) in [5.74, 6) is 0.0647. The molecule has 2 aromatic carbocycles. The van der Waals surface area contributed by atoms with Crippen molar-refractivity contribution in [2.24, 2.45) is 0 Å². The molecule has 1 unspecified atom stereocenters. The number of amides is 1. The summed E-state index contributed by atoms with van der Waals surface area (Å²) >= 11 is 0. The maximum Gasteiger partial charge on any atom is 0.472 e. The lowest BCUT2D eigenvalue weighted by molar-refractivity contribution is -0.121. The van der Waals surface area contributed by atoms with Crippen molar-refractivity contribution in [3.05, 3.63) is 71.8 Å². The van der Waals surface area contributed by atoms with Gasteiger partial charge in [0.1, 0.15) is 0 Å². The van der Waals surface area contributed by atoms with Gasteiger partial charge in [-0.05, 0) is 56.1 Å². The van der Waals surface area contributed by atoms with Crippen LogP contribution in [0.15, 0.2) is 60.7 Å². The molecule has 2 N–H and O–H groups in total. The standard InChI is InChI=1S/C28H40NO5P/c1-2-3-22-29-27(30)17-11-6-12-23-33-35(31,32)34-26-18-20-28(21-19-26,24-13-7-4-8-14-24)25-15-9-5-10-16-25/h4-5,7-10,13-16,26H,2-3,6,11-12,17-23H2,1H3,(H,29,30)(H,31,32). The number of carbonyl (C=O) groups is 1. The largest absolute Gasteiger partial charge is 0.472 e. The van der Waals surface area contributed by atoms with Crippen molar-refractivity contribution in [1.82, 2.24) is 5.32 Å². The Bertz CT molecular complexity index is 887. The molecule has 3 rings (SSSR count). The minimum Gasteiger partial charge on any atom is -0.356 e. The van der Waals surface area contributed by atoms with Gasteiger partial charge in [-0.1, -0.05) is 80.4 Å². The number of hydrogen-bond acceptors (Lipinski definition) is 4. The third-order valence-electron chi connectivity index (χ3n) is 6.88. The second-order valence-corrected chi connectivity index (χ2v) is 10.8. The molecule has 0 radical (unpaired) electrons. The number of hydrogen-bond donors (Lipinski definition) is 2. The lowest BCUT2D eigenvalue weighted by Gasteiger charge is -2.41. The van der Waals surface area contributed by atoms with Crippen molar-refractivity contribution in [3.8, 4) is 0 Å². The van der Waals surface area contributed by atoms with Gasteiger partial charge >= 0.3 is 7.82 Å². The zero-order chi connectivity index (χ0) is 25.0. The summed E-state index contributed by atoms with van der Waals surface area (Å²) < 4.78 is 23.3. The average Bonchev–Trinajstić information content (AvgIpc) is 2.88. The number of nitrogens with one attached hydrogen (secondary N) is 1. The highest BCUT2D eigenvalue weighted by molar-refractivity contribution is 7.47. The number of unbranched alkanes of at least 4 members (excludes halogenated alkanes) is 3. The molecule has 1 aliphatic carbocycles. The SMILES string of the molecule is CCCCNC(=O)CCCCCOP(=O)(O)OC1CCC(c2ccccc2)(c2ccccc2)CC1. The highest BCUT2D eigenvalue weighted by atomic mass is 31.2. The van der Waals surface area contributed by atoms with Crippen LogP contribution in [0.3, 0.4) is 0 Å². The Kier molecular flexibility index (Phi) is 11.0. The first-order valence-corrected chi connectivity index (χ1v) is 14.5. The molecule has 1 aliphatic rings. The quantitative estimate of drug-likeness (QED) is 0.227. The first-order chi connectivity index (χ1) is 17.0. The summed E-state index contributed by atoms with van der Waals surface area (Å²) in [5, 5.41) is 2.90. The Balaban J connectivity index is 1.43. The molecule has 2 aromatic rings. The summed E-state index contributed by atoms with van der Waals surface area (Å²) in [5.41, 5.74) is 2.42. The van der Waals surface area contributed by atoms with Gasteiger partial charge in [0.25, 0.3) is 0 Å². The third-order valence-corrected chi connectivity index (χ3v) is 7.95. The average molecular weight is 502 g/mol. The second-order valence-electron chi connectivity index (χ2n) is 9.43. The molecular weight excluding hydrogens is 461 g/mol. The van der Waals surface area contributed by atoms with Crippen LogP contribution >= 0.6 is 7.82 Å². The molecule has 0 aromatic heterocycles. The summed E-state index contributed by atoms with van der Waals surface area (Å²) in [6, 6.07) is 21.0. The summed E-state index contributed by atoms with van der Waals surface area (Å²) in [6.07, 6.45) is 7.39. The van der Waals surface area contributed by atoms with E-state index in [1.807, 2.05) is 12.1 Å². The van der Waals surface area contributed by atoms with E-state index in [4.69, 9.17) is 9.05 Å².